The van der Waals surface area contributed by atoms with E-state index in [1.807, 2.05) is 16.5 Å². The Morgan fingerprint density at radius 2 is 1.81 bits per heavy atom. The quantitative estimate of drug-likeness (QED) is 0.686. The molecule has 0 atom stereocenters. The van der Waals surface area contributed by atoms with Crippen LogP contribution >= 0.6 is 0 Å². The number of likely N-dealkylation sites (tertiary alicyclic amines) is 1. The summed E-state index contributed by atoms with van der Waals surface area (Å²) in [4.78, 5) is 16.4. The van der Waals surface area contributed by atoms with Gasteiger partial charge < -0.3 is 4.90 Å². The number of nitrogens with zero attached hydrogens (tertiary/aromatic N) is 4. The number of amides is 1. The Balaban J connectivity index is 1.39. The average molecular weight is 438 g/mol. The summed E-state index contributed by atoms with van der Waals surface area (Å²) in [6, 6.07) is 6.26. The van der Waals surface area contributed by atoms with E-state index in [0.717, 1.165) is 22.5 Å². The molecule has 1 amide bonds. The van der Waals surface area contributed by atoms with Gasteiger partial charge in [0, 0.05) is 6.54 Å². The predicted octanol–water partition coefficient (Wildman–Crippen LogP) is 3.54. The van der Waals surface area contributed by atoms with Crippen LogP contribution in [0.3, 0.4) is 0 Å². The van der Waals surface area contributed by atoms with Crippen molar-refractivity contribution in [2.24, 2.45) is 5.92 Å². The smallest absolute Gasteiger partial charge is 0.335 e. The van der Waals surface area contributed by atoms with Gasteiger partial charge in [0.15, 0.2) is 0 Å². The second kappa shape index (κ2) is 8.61. The molecular weight excluding hydrogens is 412 g/mol. The van der Waals surface area contributed by atoms with Gasteiger partial charge in [-0.2, -0.15) is 18.3 Å². The zero-order valence-electron chi connectivity index (χ0n) is 17.5. The fourth-order valence-corrected chi connectivity index (χ4v) is 4.49. The van der Waals surface area contributed by atoms with Gasteiger partial charge in [-0.3, -0.25) is 14.4 Å². The van der Waals surface area contributed by atoms with Gasteiger partial charge in [-0.1, -0.05) is 12.1 Å². The Kier molecular flexibility index (Phi) is 6.05. The zero-order valence-corrected chi connectivity index (χ0v) is 17.5. The number of carbonyl (C=O) groups is 1. The molecule has 1 aromatic heterocycles. The van der Waals surface area contributed by atoms with E-state index in [-0.39, 0.29) is 44.2 Å². The number of rotatable bonds is 4. The van der Waals surface area contributed by atoms with Gasteiger partial charge in [-0.25, -0.2) is 4.39 Å². The summed E-state index contributed by atoms with van der Waals surface area (Å²) >= 11 is 0. The SMILES string of the molecule is Cc1nn(Cc2ccc(F)cc2)c2c1CCN(C(=O)CN1CCC(C(F)(F)F)CC1)C2. The molecule has 0 bridgehead atoms. The zero-order chi connectivity index (χ0) is 22.2. The molecule has 0 spiro atoms. The van der Waals surface area contributed by atoms with Crippen LogP contribution < -0.4 is 0 Å². The highest BCUT2D eigenvalue weighted by Gasteiger charge is 2.41. The lowest BCUT2D eigenvalue weighted by molar-refractivity contribution is -0.185. The first-order valence-corrected chi connectivity index (χ1v) is 10.6. The van der Waals surface area contributed by atoms with Gasteiger partial charge in [0.05, 0.1) is 36.9 Å². The number of aromatic nitrogens is 2. The van der Waals surface area contributed by atoms with Crippen molar-refractivity contribution >= 4 is 5.91 Å². The lowest BCUT2D eigenvalue weighted by atomic mass is 9.96. The van der Waals surface area contributed by atoms with Crippen LogP contribution in [0.2, 0.25) is 0 Å². The van der Waals surface area contributed by atoms with Crippen LogP contribution in [-0.4, -0.2) is 57.8 Å². The van der Waals surface area contributed by atoms with E-state index in [1.54, 1.807) is 17.0 Å². The summed E-state index contributed by atoms with van der Waals surface area (Å²) < 4.78 is 53.6. The first-order valence-electron chi connectivity index (χ1n) is 10.6. The second-order valence-electron chi connectivity index (χ2n) is 8.45. The van der Waals surface area contributed by atoms with Gasteiger partial charge in [0.1, 0.15) is 5.82 Å². The molecule has 9 heteroatoms. The van der Waals surface area contributed by atoms with Gasteiger partial charge in [0.2, 0.25) is 5.91 Å². The third-order valence-corrected chi connectivity index (χ3v) is 6.35. The minimum Gasteiger partial charge on any atom is -0.335 e. The standard InChI is InChI=1S/C22H26F4N4O/c1-15-19-8-11-29(21(31)14-28-9-6-17(7-10-28)22(24,25)26)13-20(19)30(27-15)12-16-2-4-18(23)5-3-16/h2-5,17H,6-14H2,1H3. The number of hydrogen-bond donors (Lipinski definition) is 0. The number of alkyl halides is 3. The molecule has 4 rings (SSSR count). The van der Waals surface area contributed by atoms with Crippen LogP contribution in [0.5, 0.6) is 0 Å². The Hall–Kier alpha value is -2.42. The lowest BCUT2D eigenvalue weighted by Crippen LogP contribution is -2.46. The molecule has 0 unspecified atom stereocenters. The van der Waals surface area contributed by atoms with E-state index < -0.39 is 12.1 Å². The largest absolute Gasteiger partial charge is 0.391 e. The van der Waals surface area contributed by atoms with E-state index in [1.165, 1.54) is 12.1 Å². The molecular formula is C22H26F4N4O. The molecule has 2 aromatic rings. The van der Waals surface area contributed by atoms with Crippen molar-refractivity contribution in [3.8, 4) is 0 Å². The van der Waals surface area contributed by atoms with Crippen molar-refractivity contribution in [2.45, 2.75) is 45.5 Å². The number of halogens is 4. The van der Waals surface area contributed by atoms with E-state index >= 15 is 0 Å². The average Bonchev–Trinajstić information content (AvgIpc) is 3.04. The number of benzene rings is 1. The number of hydrogen-bond acceptors (Lipinski definition) is 3. The maximum atomic E-state index is 13.2. The summed E-state index contributed by atoms with van der Waals surface area (Å²) in [5, 5.41) is 4.62. The highest BCUT2D eigenvalue weighted by molar-refractivity contribution is 5.78. The highest BCUT2D eigenvalue weighted by atomic mass is 19.4. The van der Waals surface area contributed by atoms with Crippen LogP contribution in [0.25, 0.3) is 0 Å². The minimum absolute atomic E-state index is 0.0462. The van der Waals surface area contributed by atoms with Crippen molar-refractivity contribution < 1.29 is 22.4 Å². The maximum absolute atomic E-state index is 13.2. The van der Waals surface area contributed by atoms with E-state index in [0.29, 0.717) is 26.1 Å². The minimum atomic E-state index is -4.15. The summed E-state index contributed by atoms with van der Waals surface area (Å²) in [5.41, 5.74) is 3.95. The molecule has 1 saturated heterocycles. The normalized spacial score (nSPS) is 18.3. The van der Waals surface area contributed by atoms with Crippen molar-refractivity contribution in [1.29, 1.82) is 0 Å². The third kappa shape index (κ3) is 4.92. The van der Waals surface area contributed by atoms with Crippen molar-refractivity contribution in [3.05, 3.63) is 52.6 Å². The summed E-state index contributed by atoms with van der Waals surface area (Å²) in [6.45, 7) is 4.16. The molecule has 0 saturated carbocycles. The number of piperidine rings is 1. The van der Waals surface area contributed by atoms with Crippen molar-refractivity contribution in [1.82, 2.24) is 19.6 Å². The lowest BCUT2D eigenvalue weighted by Gasteiger charge is -2.34. The number of fused-ring (bicyclic) bond motifs is 1. The molecule has 0 N–H and O–H groups in total. The van der Waals surface area contributed by atoms with E-state index in [9.17, 15) is 22.4 Å². The van der Waals surface area contributed by atoms with Crippen LogP contribution in [0, 0.1) is 18.7 Å². The van der Waals surface area contributed by atoms with Gasteiger partial charge >= 0.3 is 6.18 Å². The molecule has 1 fully saturated rings. The molecule has 2 aliphatic heterocycles. The molecule has 31 heavy (non-hydrogen) atoms. The maximum Gasteiger partial charge on any atom is 0.391 e. The Labute approximate surface area is 178 Å². The van der Waals surface area contributed by atoms with Gasteiger partial charge in [-0.15, -0.1) is 0 Å². The first-order chi connectivity index (χ1) is 14.7. The van der Waals surface area contributed by atoms with Gasteiger partial charge in [0.25, 0.3) is 0 Å². The van der Waals surface area contributed by atoms with Gasteiger partial charge in [-0.05, 0) is 62.5 Å². The Morgan fingerprint density at radius 1 is 1.13 bits per heavy atom. The summed E-state index contributed by atoms with van der Waals surface area (Å²) in [5.74, 6) is -1.62. The van der Waals surface area contributed by atoms with Crippen LogP contribution in [0.1, 0.15) is 35.4 Å². The molecule has 2 aliphatic rings. The fraction of sp³-hybridized carbons (Fsp3) is 0.545. The second-order valence-corrected chi connectivity index (χ2v) is 8.45. The van der Waals surface area contributed by atoms with Crippen LogP contribution in [-0.2, 0) is 24.3 Å². The topological polar surface area (TPSA) is 41.4 Å². The number of aryl methyl sites for hydroxylation is 1. The van der Waals surface area contributed by atoms with E-state index in [4.69, 9.17) is 0 Å². The van der Waals surface area contributed by atoms with E-state index in [2.05, 4.69) is 5.10 Å². The molecule has 5 nitrogen and oxygen atoms in total. The van der Waals surface area contributed by atoms with Crippen molar-refractivity contribution in [2.75, 3.05) is 26.2 Å². The number of carbonyl (C=O) groups excluding carboxylic acids is 1. The molecule has 0 aliphatic carbocycles. The fourth-order valence-electron chi connectivity index (χ4n) is 4.49. The van der Waals surface area contributed by atoms with Crippen molar-refractivity contribution in [3.63, 3.8) is 0 Å². The summed E-state index contributed by atoms with van der Waals surface area (Å²) in [7, 11) is 0. The van der Waals surface area contributed by atoms with Crippen LogP contribution in [0.15, 0.2) is 24.3 Å². The molecule has 168 valence electrons. The monoisotopic (exact) mass is 438 g/mol. The molecule has 3 heterocycles. The summed E-state index contributed by atoms with van der Waals surface area (Å²) in [6.07, 6.45) is -3.36. The first kappa shape index (κ1) is 21.8. The highest BCUT2D eigenvalue weighted by Crippen LogP contribution is 2.34. The predicted molar refractivity (Wildman–Crippen MR) is 107 cm³/mol. The molecule has 1 aromatic carbocycles. The molecule has 0 radical (unpaired) electrons. The third-order valence-electron chi connectivity index (χ3n) is 6.35. The Bertz CT molecular complexity index is 930. The Morgan fingerprint density at radius 3 is 2.45 bits per heavy atom. The van der Waals surface area contributed by atoms with Crippen LogP contribution in [0.4, 0.5) is 17.6 Å².